The Morgan fingerprint density at radius 1 is 1.50 bits per heavy atom. The lowest BCUT2D eigenvalue weighted by atomic mass is 10.2. The smallest absolute Gasteiger partial charge is 0.166 e. The molecule has 0 bridgehead atoms. The Balaban J connectivity index is 3.52. The summed E-state index contributed by atoms with van der Waals surface area (Å²) in [6.07, 6.45) is 0.0541. The second-order valence-electron chi connectivity index (χ2n) is 2.03. The van der Waals surface area contributed by atoms with Crippen molar-refractivity contribution in [2.45, 2.75) is 0 Å². The lowest BCUT2D eigenvalue weighted by Crippen LogP contribution is -1.92. The van der Waals surface area contributed by atoms with Crippen LogP contribution in [0.2, 0.25) is 0 Å². The molecule has 1 N–H and O–H groups in total. The Bertz CT molecular complexity index is 312. The van der Waals surface area contributed by atoms with E-state index in [0.717, 1.165) is 6.07 Å². The molecule has 1 aromatic rings. The Hall–Kier alpha value is -0.970. The Labute approximate surface area is 75.0 Å². The van der Waals surface area contributed by atoms with Crippen molar-refractivity contribution in [1.29, 1.82) is 0 Å². The first-order valence-corrected chi connectivity index (χ1v) is 3.69. The first-order chi connectivity index (χ1) is 5.57. The van der Waals surface area contributed by atoms with Crippen molar-refractivity contribution in [2.75, 3.05) is 0 Å². The van der Waals surface area contributed by atoms with Gasteiger partial charge in [-0.3, -0.25) is 4.79 Å². The summed E-state index contributed by atoms with van der Waals surface area (Å²) in [5, 5.41) is 8.84. The zero-order chi connectivity index (χ0) is 9.30. The van der Waals surface area contributed by atoms with Crippen molar-refractivity contribution in [3.8, 4) is 5.75 Å². The van der Waals surface area contributed by atoms with E-state index in [1.807, 2.05) is 0 Å². The van der Waals surface area contributed by atoms with Gasteiger partial charge < -0.3 is 5.11 Å². The van der Waals surface area contributed by atoms with Crippen LogP contribution in [0, 0.1) is 11.6 Å². The highest BCUT2D eigenvalue weighted by molar-refractivity contribution is 9.10. The molecule has 5 heteroatoms. The number of rotatable bonds is 1. The number of carbonyl (C=O) groups is 1. The maximum Gasteiger partial charge on any atom is 0.166 e. The number of hydrogen-bond acceptors (Lipinski definition) is 2. The Morgan fingerprint density at radius 2 is 2.08 bits per heavy atom. The van der Waals surface area contributed by atoms with Crippen LogP contribution in [0.3, 0.4) is 0 Å². The predicted molar refractivity (Wildman–Crippen MR) is 41.1 cm³/mol. The SMILES string of the molecule is O=Cc1c(O)c(F)cc(Br)c1F. The normalized spacial score (nSPS) is 9.92. The fourth-order valence-corrected chi connectivity index (χ4v) is 1.13. The van der Waals surface area contributed by atoms with E-state index < -0.39 is 22.9 Å². The molecule has 0 radical (unpaired) electrons. The zero-order valence-electron chi connectivity index (χ0n) is 5.64. The minimum absolute atomic E-state index is 0.0541. The number of aromatic hydroxyl groups is 1. The molecule has 0 aliphatic rings. The van der Waals surface area contributed by atoms with Gasteiger partial charge in [0, 0.05) is 0 Å². The van der Waals surface area contributed by atoms with Crippen molar-refractivity contribution in [3.05, 3.63) is 27.7 Å². The lowest BCUT2D eigenvalue weighted by Gasteiger charge is -2.01. The average molecular weight is 237 g/mol. The minimum Gasteiger partial charge on any atom is -0.504 e. The molecule has 0 heterocycles. The van der Waals surface area contributed by atoms with Crippen LogP contribution in [-0.4, -0.2) is 11.4 Å². The quantitative estimate of drug-likeness (QED) is 0.600. The maximum absolute atomic E-state index is 12.8. The van der Waals surface area contributed by atoms with Crippen molar-refractivity contribution >= 4 is 22.2 Å². The van der Waals surface area contributed by atoms with Crippen LogP contribution < -0.4 is 0 Å². The summed E-state index contributed by atoms with van der Waals surface area (Å²) in [4.78, 5) is 10.2. The van der Waals surface area contributed by atoms with Crippen molar-refractivity contribution < 1.29 is 18.7 Å². The van der Waals surface area contributed by atoms with Gasteiger partial charge >= 0.3 is 0 Å². The van der Waals surface area contributed by atoms with Crippen LogP contribution in [0.1, 0.15) is 10.4 Å². The third kappa shape index (κ3) is 1.32. The number of carbonyl (C=O) groups excluding carboxylic acids is 1. The first-order valence-electron chi connectivity index (χ1n) is 2.89. The van der Waals surface area contributed by atoms with E-state index in [1.54, 1.807) is 0 Å². The topological polar surface area (TPSA) is 37.3 Å². The highest BCUT2D eigenvalue weighted by Crippen LogP contribution is 2.28. The van der Waals surface area contributed by atoms with Crippen LogP contribution in [0.15, 0.2) is 10.5 Å². The van der Waals surface area contributed by atoms with Crippen molar-refractivity contribution in [3.63, 3.8) is 0 Å². The standard InChI is InChI=1S/C7H3BrF2O2/c8-4-1-5(9)7(12)3(2-11)6(4)10/h1-2,12H. The Kier molecular flexibility index (Phi) is 2.42. The molecule has 1 rings (SSSR count). The van der Waals surface area contributed by atoms with E-state index in [0.29, 0.717) is 0 Å². The summed E-state index contributed by atoms with van der Waals surface area (Å²) in [5.41, 5.74) is -0.679. The molecule has 64 valence electrons. The van der Waals surface area contributed by atoms with Gasteiger partial charge in [-0.2, -0.15) is 0 Å². The summed E-state index contributed by atoms with van der Waals surface area (Å²) >= 11 is 2.69. The first kappa shape index (κ1) is 9.12. The summed E-state index contributed by atoms with van der Waals surface area (Å²) in [5.74, 6) is -2.97. The van der Waals surface area contributed by atoms with Crippen LogP contribution in [-0.2, 0) is 0 Å². The second kappa shape index (κ2) is 3.18. The second-order valence-corrected chi connectivity index (χ2v) is 2.89. The fraction of sp³-hybridized carbons (Fsp3) is 0. The molecular formula is C7H3BrF2O2. The third-order valence-corrected chi connectivity index (χ3v) is 1.88. The van der Waals surface area contributed by atoms with Gasteiger partial charge in [0.05, 0.1) is 10.0 Å². The van der Waals surface area contributed by atoms with Crippen LogP contribution in [0.25, 0.3) is 0 Å². The lowest BCUT2D eigenvalue weighted by molar-refractivity contribution is 0.111. The molecule has 0 fully saturated rings. The van der Waals surface area contributed by atoms with Gasteiger partial charge in [-0.25, -0.2) is 8.78 Å². The summed E-state index contributed by atoms with van der Waals surface area (Å²) in [6, 6.07) is 0.748. The molecule has 0 aliphatic heterocycles. The molecule has 0 aromatic heterocycles. The van der Waals surface area contributed by atoms with Crippen molar-refractivity contribution in [1.82, 2.24) is 0 Å². The summed E-state index contributed by atoms with van der Waals surface area (Å²) < 4.78 is 25.2. The van der Waals surface area contributed by atoms with E-state index in [4.69, 9.17) is 5.11 Å². The monoisotopic (exact) mass is 236 g/mol. The average Bonchev–Trinajstić information content (AvgIpc) is 2.02. The van der Waals surface area contributed by atoms with Crippen LogP contribution in [0.5, 0.6) is 5.75 Å². The molecule has 0 spiro atoms. The molecule has 12 heavy (non-hydrogen) atoms. The molecule has 0 amide bonds. The van der Waals surface area contributed by atoms with Crippen molar-refractivity contribution in [2.24, 2.45) is 0 Å². The van der Waals surface area contributed by atoms with Crippen LogP contribution >= 0.6 is 15.9 Å². The van der Waals surface area contributed by atoms with E-state index in [-0.39, 0.29) is 10.8 Å². The minimum atomic E-state index is -1.04. The number of hydrogen-bond donors (Lipinski definition) is 1. The van der Waals surface area contributed by atoms with E-state index >= 15 is 0 Å². The van der Waals surface area contributed by atoms with Gasteiger partial charge in [0.25, 0.3) is 0 Å². The molecule has 0 saturated heterocycles. The largest absolute Gasteiger partial charge is 0.504 e. The molecular weight excluding hydrogens is 234 g/mol. The zero-order valence-corrected chi connectivity index (χ0v) is 7.23. The fourth-order valence-electron chi connectivity index (χ4n) is 0.712. The summed E-state index contributed by atoms with van der Waals surface area (Å²) in [6.45, 7) is 0. The molecule has 1 aromatic carbocycles. The van der Waals surface area contributed by atoms with E-state index in [1.165, 1.54) is 0 Å². The summed E-state index contributed by atoms with van der Waals surface area (Å²) in [7, 11) is 0. The number of halogens is 3. The van der Waals surface area contributed by atoms with Crippen LogP contribution in [0.4, 0.5) is 8.78 Å². The van der Waals surface area contributed by atoms with Gasteiger partial charge in [-0.15, -0.1) is 0 Å². The predicted octanol–water partition coefficient (Wildman–Crippen LogP) is 2.25. The molecule has 2 nitrogen and oxygen atoms in total. The van der Waals surface area contributed by atoms with Gasteiger partial charge in [-0.1, -0.05) is 0 Å². The van der Waals surface area contributed by atoms with Gasteiger partial charge in [-0.05, 0) is 22.0 Å². The Morgan fingerprint density at radius 3 is 2.58 bits per heavy atom. The van der Waals surface area contributed by atoms with Gasteiger partial charge in [0.2, 0.25) is 0 Å². The number of benzene rings is 1. The number of phenolic OH excluding ortho intramolecular Hbond substituents is 1. The van der Waals surface area contributed by atoms with Gasteiger partial charge in [0.1, 0.15) is 0 Å². The highest BCUT2D eigenvalue weighted by Gasteiger charge is 2.15. The highest BCUT2D eigenvalue weighted by atomic mass is 79.9. The molecule has 0 saturated carbocycles. The number of aldehydes is 1. The molecule has 0 atom stereocenters. The van der Waals surface area contributed by atoms with E-state index in [9.17, 15) is 13.6 Å². The molecule has 0 aliphatic carbocycles. The maximum atomic E-state index is 12.8. The third-order valence-electron chi connectivity index (χ3n) is 1.30. The molecule has 0 unspecified atom stereocenters. The number of phenols is 1. The van der Waals surface area contributed by atoms with Gasteiger partial charge in [0.15, 0.2) is 23.7 Å². The van der Waals surface area contributed by atoms with E-state index in [2.05, 4.69) is 15.9 Å².